The number of para-hydroxylation sites is 1. The lowest BCUT2D eigenvalue weighted by molar-refractivity contribution is 0.603. The SMILES string of the molecule is C=C(CC/C=C/C=C/c1oc2ccccc2c1C1=CC2Sc3ccccc3C2C=C1)c1ccccccc(-c2ccc3c(c2)CCC=C3)c2ccccc12. The van der Waals surface area contributed by atoms with Crippen LogP contribution < -0.4 is 0 Å². The summed E-state index contributed by atoms with van der Waals surface area (Å²) in [6.07, 6.45) is 24.2. The summed E-state index contributed by atoms with van der Waals surface area (Å²) in [5.41, 5.74) is 12.3. The van der Waals surface area contributed by atoms with Crippen molar-refractivity contribution in [3.63, 3.8) is 0 Å². The Labute approximate surface area is 322 Å². The molecule has 262 valence electrons. The van der Waals surface area contributed by atoms with Crippen LogP contribution in [-0.2, 0) is 6.42 Å². The van der Waals surface area contributed by atoms with Crippen LogP contribution in [-0.4, -0.2) is 5.25 Å². The molecule has 6 aromatic rings. The predicted molar refractivity (Wildman–Crippen MR) is 233 cm³/mol. The van der Waals surface area contributed by atoms with E-state index >= 15 is 0 Å². The average molecular weight is 715 g/mol. The lowest BCUT2D eigenvalue weighted by atomic mass is 9.87. The highest BCUT2D eigenvalue weighted by atomic mass is 32.2. The second-order valence-corrected chi connectivity index (χ2v) is 15.4. The molecule has 1 aromatic heterocycles. The monoisotopic (exact) mass is 714 g/mol. The lowest BCUT2D eigenvalue weighted by Crippen LogP contribution is -2.09. The molecule has 0 radical (unpaired) electrons. The van der Waals surface area contributed by atoms with Crippen LogP contribution in [0.4, 0.5) is 0 Å². The molecule has 2 atom stereocenters. The second kappa shape index (κ2) is 15.3. The van der Waals surface area contributed by atoms with Gasteiger partial charge in [0.25, 0.3) is 0 Å². The van der Waals surface area contributed by atoms with E-state index in [9.17, 15) is 0 Å². The number of hydrogen-bond donors (Lipinski definition) is 0. The molecule has 9 rings (SSSR count). The van der Waals surface area contributed by atoms with E-state index in [1.165, 1.54) is 60.2 Å². The van der Waals surface area contributed by atoms with E-state index < -0.39 is 0 Å². The number of allylic oxidation sites excluding steroid dienone is 8. The van der Waals surface area contributed by atoms with Crippen molar-refractivity contribution in [2.24, 2.45) is 0 Å². The van der Waals surface area contributed by atoms with Gasteiger partial charge in [-0.2, -0.15) is 0 Å². The fourth-order valence-electron chi connectivity index (χ4n) is 8.13. The smallest absolute Gasteiger partial charge is 0.136 e. The molecule has 2 heterocycles. The van der Waals surface area contributed by atoms with E-state index in [1.807, 2.05) is 17.8 Å². The maximum Gasteiger partial charge on any atom is 0.136 e. The highest BCUT2D eigenvalue weighted by Gasteiger charge is 2.33. The van der Waals surface area contributed by atoms with Crippen LogP contribution in [0.25, 0.3) is 56.2 Å². The van der Waals surface area contributed by atoms with Gasteiger partial charge in [0.05, 0.1) is 0 Å². The van der Waals surface area contributed by atoms with E-state index in [4.69, 9.17) is 4.42 Å². The van der Waals surface area contributed by atoms with Gasteiger partial charge in [0.1, 0.15) is 11.3 Å². The highest BCUT2D eigenvalue weighted by Crippen LogP contribution is 2.50. The molecule has 54 heavy (non-hydrogen) atoms. The van der Waals surface area contributed by atoms with E-state index in [1.54, 1.807) is 0 Å². The maximum atomic E-state index is 6.45. The third-order valence-corrected chi connectivity index (χ3v) is 12.1. The first-order chi connectivity index (χ1) is 26.7. The Morgan fingerprint density at radius 3 is 2.50 bits per heavy atom. The number of thioether (sulfide) groups is 1. The summed E-state index contributed by atoms with van der Waals surface area (Å²) < 4.78 is 6.45. The van der Waals surface area contributed by atoms with Gasteiger partial charge in [0, 0.05) is 27.0 Å². The Morgan fingerprint density at radius 1 is 0.778 bits per heavy atom. The summed E-state index contributed by atoms with van der Waals surface area (Å²) in [5.74, 6) is 1.31. The minimum absolute atomic E-state index is 0.394. The van der Waals surface area contributed by atoms with Crippen LogP contribution in [0.3, 0.4) is 0 Å². The minimum Gasteiger partial charge on any atom is -0.456 e. The zero-order valence-electron chi connectivity index (χ0n) is 30.3. The van der Waals surface area contributed by atoms with Gasteiger partial charge in [-0.05, 0) is 99.2 Å². The standard InChI is InChI=1S/C52H42OS/c1-36(41-21-7-3-4-8-22-42(44-24-13-12-23-43(41)44)39-31-30-37-19-10-11-20-38(37)34-39)18-6-2-5-9-28-49-52(47-26-14-16-27-48(47)53-49)40-32-33-46-45-25-15-17-29-50(45)54-51(46)35-40/h2-5,7-10,12-17,19,21-35,46,51H,1,6,11,18,20H2/b4-3?,5-2+,7-3?,8-4?,21-7?,22-8?,28-9+,41-21?,42-22?,43-41?,44-42?. The molecular formula is C52H42OS. The summed E-state index contributed by atoms with van der Waals surface area (Å²) in [4.78, 5) is 1.39. The summed E-state index contributed by atoms with van der Waals surface area (Å²) >= 11 is 1.97. The first-order valence-electron chi connectivity index (χ1n) is 19.0. The predicted octanol–water partition coefficient (Wildman–Crippen LogP) is 14.6. The van der Waals surface area contributed by atoms with Crippen molar-refractivity contribution in [1.29, 1.82) is 0 Å². The quantitative estimate of drug-likeness (QED) is 0.146. The van der Waals surface area contributed by atoms with Gasteiger partial charge in [-0.25, -0.2) is 0 Å². The van der Waals surface area contributed by atoms with Crippen molar-refractivity contribution in [2.75, 3.05) is 0 Å². The van der Waals surface area contributed by atoms with Gasteiger partial charge < -0.3 is 4.42 Å². The molecule has 1 nitrogen and oxygen atoms in total. The van der Waals surface area contributed by atoms with Crippen LogP contribution in [0, 0.1) is 0 Å². The lowest BCUT2D eigenvalue weighted by Gasteiger charge is -2.19. The van der Waals surface area contributed by atoms with Crippen LogP contribution in [0.5, 0.6) is 0 Å². The summed E-state index contributed by atoms with van der Waals surface area (Å²) in [6, 6.07) is 45.8. The van der Waals surface area contributed by atoms with Crippen molar-refractivity contribution in [2.45, 2.75) is 41.7 Å². The van der Waals surface area contributed by atoms with Gasteiger partial charge in [-0.1, -0.05) is 170 Å². The van der Waals surface area contributed by atoms with Crippen LogP contribution in [0.15, 0.2) is 186 Å². The number of benzene rings is 4. The molecule has 2 unspecified atom stereocenters. The Kier molecular flexibility index (Phi) is 9.60. The minimum atomic E-state index is 0.394. The van der Waals surface area contributed by atoms with Crippen molar-refractivity contribution >= 4 is 56.8 Å². The Morgan fingerprint density at radius 2 is 1.57 bits per heavy atom. The van der Waals surface area contributed by atoms with E-state index in [0.29, 0.717) is 11.2 Å². The number of rotatable bonds is 8. The Balaban J connectivity index is 0.956. The molecule has 0 fully saturated rings. The molecule has 0 saturated heterocycles. The number of furan rings is 1. The van der Waals surface area contributed by atoms with Gasteiger partial charge in [0.15, 0.2) is 0 Å². The van der Waals surface area contributed by atoms with Gasteiger partial charge in [-0.3, -0.25) is 0 Å². The first-order valence-corrected chi connectivity index (χ1v) is 19.9. The Bertz CT molecular complexity index is 2620. The molecule has 2 aliphatic carbocycles. The molecular weight excluding hydrogens is 673 g/mol. The molecule has 0 saturated carbocycles. The number of hydrogen-bond acceptors (Lipinski definition) is 2. The van der Waals surface area contributed by atoms with E-state index in [2.05, 4.69) is 183 Å². The average Bonchev–Trinajstić information content (AvgIpc) is 3.78. The van der Waals surface area contributed by atoms with Crippen molar-refractivity contribution < 1.29 is 4.42 Å². The fraction of sp³-hybridized carbons (Fsp3) is 0.115. The molecule has 0 bridgehead atoms. The summed E-state index contributed by atoms with van der Waals surface area (Å²) in [7, 11) is 0. The number of aryl methyl sites for hydroxylation is 1. The molecule has 3 aliphatic rings. The topological polar surface area (TPSA) is 13.1 Å². The molecule has 5 aromatic carbocycles. The Hall–Kier alpha value is -5.83. The number of fused-ring (bicyclic) bond motifs is 6. The third-order valence-electron chi connectivity index (χ3n) is 10.8. The summed E-state index contributed by atoms with van der Waals surface area (Å²) in [6.45, 7) is 4.62. The highest BCUT2D eigenvalue weighted by molar-refractivity contribution is 8.00. The van der Waals surface area contributed by atoms with Gasteiger partial charge in [0.2, 0.25) is 0 Å². The molecule has 0 spiro atoms. The molecule has 0 amide bonds. The maximum absolute atomic E-state index is 6.45. The molecule has 2 heteroatoms. The first kappa shape index (κ1) is 34.0. The van der Waals surface area contributed by atoms with Crippen LogP contribution in [0.2, 0.25) is 0 Å². The van der Waals surface area contributed by atoms with Crippen LogP contribution in [0.1, 0.15) is 58.8 Å². The van der Waals surface area contributed by atoms with Crippen molar-refractivity contribution in [1.82, 2.24) is 0 Å². The van der Waals surface area contributed by atoms with Gasteiger partial charge in [-0.15, -0.1) is 11.8 Å². The largest absolute Gasteiger partial charge is 0.456 e. The molecule has 0 N–H and O–H groups in total. The van der Waals surface area contributed by atoms with Crippen LogP contribution >= 0.6 is 11.8 Å². The van der Waals surface area contributed by atoms with Crippen molar-refractivity contribution in [3.05, 3.63) is 210 Å². The van der Waals surface area contributed by atoms with Crippen molar-refractivity contribution in [3.8, 4) is 11.1 Å². The summed E-state index contributed by atoms with van der Waals surface area (Å²) in [5, 5.41) is 3.99. The zero-order valence-corrected chi connectivity index (χ0v) is 31.1. The third kappa shape index (κ3) is 6.75. The normalized spacial score (nSPS) is 17.1. The molecule has 1 aliphatic heterocycles. The van der Waals surface area contributed by atoms with E-state index in [-0.39, 0.29) is 0 Å². The fourth-order valence-corrected chi connectivity index (χ4v) is 9.52. The second-order valence-electron chi connectivity index (χ2n) is 14.2. The van der Waals surface area contributed by atoms with Gasteiger partial charge >= 0.3 is 0 Å². The zero-order chi connectivity index (χ0) is 36.3. The van der Waals surface area contributed by atoms with E-state index in [0.717, 1.165) is 48.0 Å².